The Morgan fingerprint density at radius 3 is 2.71 bits per heavy atom. The standard InChI is InChI=1S/C27H27N7/c1-3-18-4-2-6-23-24(15-19(5-1)25(18)23)31-27-29-16-20-17-30-34(26(20)32-27)22-9-7-21(8-10-22)33-13-11-28-12-14-33/h2-4,6-10,16-17,24,28H,1,5,11-15H2,(H,29,31,32). The Labute approximate surface area is 197 Å². The summed E-state index contributed by atoms with van der Waals surface area (Å²) in [6.45, 7) is 4.13. The Bertz CT molecular complexity index is 1500. The van der Waals surface area contributed by atoms with Gasteiger partial charge < -0.3 is 15.5 Å². The van der Waals surface area contributed by atoms with E-state index in [1.165, 1.54) is 21.7 Å². The normalized spacial score (nSPS) is 19.2. The molecule has 0 saturated carbocycles. The fourth-order valence-electron chi connectivity index (χ4n) is 5.63. The minimum Gasteiger partial charge on any atom is -0.369 e. The third kappa shape index (κ3) is 3.27. The average Bonchev–Trinajstić information content (AvgIpc) is 3.47. The van der Waals surface area contributed by atoms with Gasteiger partial charge in [0, 0.05) is 38.1 Å². The first-order valence-electron chi connectivity index (χ1n) is 12.2. The Kier molecular flexibility index (Phi) is 4.62. The van der Waals surface area contributed by atoms with Crippen LogP contribution in [0.25, 0.3) is 28.4 Å². The summed E-state index contributed by atoms with van der Waals surface area (Å²) in [5.74, 6) is 0.650. The number of hydrogen-bond acceptors (Lipinski definition) is 6. The van der Waals surface area contributed by atoms with Gasteiger partial charge in [0.15, 0.2) is 5.65 Å². The second-order valence-electron chi connectivity index (χ2n) is 9.34. The lowest BCUT2D eigenvalue weighted by molar-refractivity contribution is 0.589. The van der Waals surface area contributed by atoms with Gasteiger partial charge in [0.2, 0.25) is 5.95 Å². The summed E-state index contributed by atoms with van der Waals surface area (Å²) in [5, 5.41) is 15.4. The number of rotatable bonds is 4. The molecule has 3 aliphatic rings. The molecule has 2 aliphatic carbocycles. The van der Waals surface area contributed by atoms with Crippen LogP contribution in [0.5, 0.6) is 0 Å². The van der Waals surface area contributed by atoms with Crippen LogP contribution in [0.4, 0.5) is 11.6 Å². The van der Waals surface area contributed by atoms with Gasteiger partial charge in [-0.3, -0.25) is 0 Å². The van der Waals surface area contributed by atoms with Gasteiger partial charge in [0.05, 0.1) is 23.3 Å². The highest BCUT2D eigenvalue weighted by molar-refractivity contribution is 5.76. The molecule has 0 spiro atoms. The number of benzene rings is 2. The predicted molar refractivity (Wildman–Crippen MR) is 136 cm³/mol. The van der Waals surface area contributed by atoms with Gasteiger partial charge in [-0.2, -0.15) is 10.1 Å². The van der Waals surface area contributed by atoms with Gasteiger partial charge in [-0.1, -0.05) is 29.8 Å². The maximum atomic E-state index is 4.89. The SMILES string of the molecule is C1=c2cccc3c2=C(CC1)CC3Nc1ncc2cnn(-c3ccc(N4CCNCC4)cc3)c2n1. The van der Waals surface area contributed by atoms with Crippen molar-refractivity contribution in [2.45, 2.75) is 25.3 Å². The first-order chi connectivity index (χ1) is 16.8. The first kappa shape index (κ1) is 19.7. The summed E-state index contributed by atoms with van der Waals surface area (Å²) >= 11 is 0. The van der Waals surface area contributed by atoms with Crippen molar-refractivity contribution in [1.82, 2.24) is 25.1 Å². The molecule has 7 rings (SSSR count). The Balaban J connectivity index is 1.18. The van der Waals surface area contributed by atoms with Crippen molar-refractivity contribution in [3.05, 3.63) is 70.9 Å². The van der Waals surface area contributed by atoms with Crippen LogP contribution in [0, 0.1) is 0 Å². The predicted octanol–water partition coefficient (Wildman–Crippen LogP) is 2.51. The number of anilines is 2. The van der Waals surface area contributed by atoms with Gasteiger partial charge in [0.25, 0.3) is 0 Å². The summed E-state index contributed by atoms with van der Waals surface area (Å²) in [4.78, 5) is 11.9. The van der Waals surface area contributed by atoms with Crippen molar-refractivity contribution >= 4 is 34.3 Å². The molecule has 2 aromatic carbocycles. The number of aromatic nitrogens is 4. The summed E-state index contributed by atoms with van der Waals surface area (Å²) in [6, 6.07) is 15.5. The molecule has 34 heavy (non-hydrogen) atoms. The van der Waals surface area contributed by atoms with E-state index in [1.54, 1.807) is 5.57 Å². The molecule has 170 valence electrons. The van der Waals surface area contributed by atoms with Crippen molar-refractivity contribution in [1.29, 1.82) is 0 Å². The quantitative estimate of drug-likeness (QED) is 0.499. The van der Waals surface area contributed by atoms with E-state index in [-0.39, 0.29) is 6.04 Å². The third-order valence-corrected chi connectivity index (χ3v) is 7.31. The van der Waals surface area contributed by atoms with E-state index >= 15 is 0 Å². The molecule has 0 radical (unpaired) electrons. The number of fused-ring (bicyclic) bond motifs is 1. The van der Waals surface area contributed by atoms with Crippen molar-refractivity contribution < 1.29 is 0 Å². The molecule has 1 fully saturated rings. The molecule has 2 N–H and O–H groups in total. The van der Waals surface area contributed by atoms with E-state index in [4.69, 9.17) is 4.98 Å². The van der Waals surface area contributed by atoms with Gasteiger partial charge >= 0.3 is 0 Å². The molecule has 0 amide bonds. The smallest absolute Gasteiger partial charge is 0.225 e. The molecular formula is C27H27N7. The van der Waals surface area contributed by atoms with E-state index in [0.717, 1.165) is 62.2 Å². The molecule has 4 aromatic rings. The van der Waals surface area contributed by atoms with Crippen LogP contribution >= 0.6 is 0 Å². The lowest BCUT2D eigenvalue weighted by Crippen LogP contribution is -2.43. The van der Waals surface area contributed by atoms with Crippen molar-refractivity contribution in [3.63, 3.8) is 0 Å². The molecule has 1 aliphatic heterocycles. The van der Waals surface area contributed by atoms with E-state index in [9.17, 15) is 0 Å². The van der Waals surface area contributed by atoms with Crippen LogP contribution < -0.4 is 26.0 Å². The molecule has 7 heteroatoms. The Morgan fingerprint density at radius 1 is 0.971 bits per heavy atom. The number of nitrogens with zero attached hydrogens (tertiary/aromatic N) is 5. The van der Waals surface area contributed by atoms with E-state index in [2.05, 4.69) is 74.2 Å². The Hall–Kier alpha value is -3.71. The highest BCUT2D eigenvalue weighted by Gasteiger charge is 2.25. The number of nitrogens with one attached hydrogen (secondary N) is 2. The summed E-state index contributed by atoms with van der Waals surface area (Å²) in [7, 11) is 0. The van der Waals surface area contributed by atoms with Crippen LogP contribution in [0.3, 0.4) is 0 Å². The van der Waals surface area contributed by atoms with Gasteiger partial charge in [0.1, 0.15) is 0 Å². The van der Waals surface area contributed by atoms with E-state index in [0.29, 0.717) is 5.95 Å². The molecule has 7 nitrogen and oxygen atoms in total. The first-order valence-corrected chi connectivity index (χ1v) is 12.2. The lowest BCUT2D eigenvalue weighted by atomic mass is 10.0. The fourth-order valence-corrected chi connectivity index (χ4v) is 5.63. The maximum absolute atomic E-state index is 4.89. The molecule has 1 saturated heterocycles. The molecule has 0 bridgehead atoms. The van der Waals surface area contributed by atoms with Crippen molar-refractivity contribution in [3.8, 4) is 5.69 Å². The van der Waals surface area contributed by atoms with Crippen LogP contribution in [0.1, 0.15) is 30.9 Å². The van der Waals surface area contributed by atoms with E-state index in [1.807, 2.05) is 17.1 Å². The topological polar surface area (TPSA) is 70.9 Å². The van der Waals surface area contributed by atoms with Crippen LogP contribution in [0.2, 0.25) is 0 Å². The minimum absolute atomic E-state index is 0.212. The fraction of sp³-hybridized carbons (Fsp3) is 0.296. The average molecular weight is 450 g/mol. The minimum atomic E-state index is 0.212. The molecule has 1 atom stereocenters. The van der Waals surface area contributed by atoms with Gasteiger partial charge in [-0.15, -0.1) is 0 Å². The zero-order valence-electron chi connectivity index (χ0n) is 19.0. The van der Waals surface area contributed by atoms with E-state index < -0.39 is 0 Å². The zero-order chi connectivity index (χ0) is 22.5. The van der Waals surface area contributed by atoms with Crippen molar-refractivity contribution in [2.75, 3.05) is 36.4 Å². The lowest BCUT2D eigenvalue weighted by Gasteiger charge is -2.29. The number of piperazine rings is 1. The zero-order valence-corrected chi connectivity index (χ0v) is 19.0. The summed E-state index contributed by atoms with van der Waals surface area (Å²) < 4.78 is 1.91. The highest BCUT2D eigenvalue weighted by Crippen LogP contribution is 2.31. The second kappa shape index (κ2) is 7.95. The Morgan fingerprint density at radius 2 is 1.82 bits per heavy atom. The summed E-state index contributed by atoms with van der Waals surface area (Å²) in [5.41, 5.74) is 6.00. The molecule has 1 unspecified atom stereocenters. The van der Waals surface area contributed by atoms with Crippen LogP contribution in [0.15, 0.2) is 54.9 Å². The molecule has 2 aromatic heterocycles. The second-order valence-corrected chi connectivity index (χ2v) is 9.34. The van der Waals surface area contributed by atoms with Gasteiger partial charge in [-0.25, -0.2) is 9.67 Å². The number of hydrogen-bond donors (Lipinski definition) is 2. The van der Waals surface area contributed by atoms with Gasteiger partial charge in [-0.05, 0) is 59.5 Å². The van der Waals surface area contributed by atoms with Crippen molar-refractivity contribution in [2.24, 2.45) is 0 Å². The largest absolute Gasteiger partial charge is 0.369 e. The monoisotopic (exact) mass is 449 g/mol. The highest BCUT2D eigenvalue weighted by atomic mass is 15.3. The maximum Gasteiger partial charge on any atom is 0.225 e. The molecular weight excluding hydrogens is 422 g/mol. The third-order valence-electron chi connectivity index (χ3n) is 7.31. The van der Waals surface area contributed by atoms with Crippen LogP contribution in [-0.2, 0) is 0 Å². The van der Waals surface area contributed by atoms with Crippen LogP contribution in [-0.4, -0.2) is 45.9 Å². The summed E-state index contributed by atoms with van der Waals surface area (Å²) in [6.07, 6.45) is 9.37. The molecule has 3 heterocycles.